The van der Waals surface area contributed by atoms with Gasteiger partial charge in [-0.3, -0.25) is 15.0 Å². The van der Waals surface area contributed by atoms with Crippen LogP contribution in [0.5, 0.6) is 0 Å². The van der Waals surface area contributed by atoms with Crippen molar-refractivity contribution in [3.8, 4) is 0 Å². The minimum atomic E-state index is -0.256. The first-order chi connectivity index (χ1) is 10.7. The number of halogens is 1. The number of tetrazole rings is 1. The van der Waals surface area contributed by atoms with Crippen molar-refractivity contribution in [3.05, 3.63) is 35.6 Å². The second kappa shape index (κ2) is 6.61. The number of rotatable bonds is 4. The standard InChI is InChI=1S/C14H17FN6O/c15-11-6-4-10(5-7-11)9-21-8-2-1-3-12(21)13(22)16-14-17-19-20-18-14/h4-7,12H,1-3,8-9H2,(H2,16,17,18,19,20,22)/t12-/m1/s1. The lowest BCUT2D eigenvalue weighted by molar-refractivity contribution is -0.122. The van der Waals surface area contributed by atoms with E-state index in [1.165, 1.54) is 12.1 Å². The largest absolute Gasteiger partial charge is 0.291 e. The Morgan fingerprint density at radius 2 is 2.18 bits per heavy atom. The van der Waals surface area contributed by atoms with Crippen LogP contribution in [0.3, 0.4) is 0 Å². The van der Waals surface area contributed by atoms with Gasteiger partial charge in [-0.25, -0.2) is 4.39 Å². The Balaban J connectivity index is 1.67. The van der Waals surface area contributed by atoms with Crippen LogP contribution in [0.1, 0.15) is 24.8 Å². The van der Waals surface area contributed by atoms with Gasteiger partial charge in [-0.1, -0.05) is 23.7 Å². The summed E-state index contributed by atoms with van der Waals surface area (Å²) < 4.78 is 13.0. The Bertz CT molecular complexity index is 615. The molecule has 1 aliphatic heterocycles. The topological polar surface area (TPSA) is 86.8 Å². The molecule has 0 aliphatic carbocycles. The van der Waals surface area contributed by atoms with Crippen LogP contribution in [0.15, 0.2) is 24.3 Å². The van der Waals surface area contributed by atoms with Crippen molar-refractivity contribution in [2.24, 2.45) is 0 Å². The zero-order valence-electron chi connectivity index (χ0n) is 12.0. The summed E-state index contributed by atoms with van der Waals surface area (Å²) in [5.41, 5.74) is 0.987. The third-order valence-electron chi connectivity index (χ3n) is 3.80. The molecule has 0 unspecified atom stereocenters. The van der Waals surface area contributed by atoms with Gasteiger partial charge < -0.3 is 0 Å². The van der Waals surface area contributed by atoms with Gasteiger partial charge in [0.25, 0.3) is 5.95 Å². The molecule has 22 heavy (non-hydrogen) atoms. The summed E-state index contributed by atoms with van der Waals surface area (Å²) in [5.74, 6) is -0.214. The van der Waals surface area contributed by atoms with E-state index < -0.39 is 0 Å². The molecule has 2 aromatic rings. The van der Waals surface area contributed by atoms with Gasteiger partial charge in [0, 0.05) is 6.54 Å². The molecule has 2 heterocycles. The number of nitrogens with one attached hydrogen (secondary N) is 2. The number of aromatic nitrogens is 4. The van der Waals surface area contributed by atoms with E-state index >= 15 is 0 Å². The molecule has 1 fully saturated rings. The van der Waals surface area contributed by atoms with Crippen molar-refractivity contribution in [2.75, 3.05) is 11.9 Å². The number of amides is 1. The Morgan fingerprint density at radius 1 is 1.36 bits per heavy atom. The van der Waals surface area contributed by atoms with Gasteiger partial charge in [-0.15, -0.1) is 5.10 Å². The Hall–Kier alpha value is -2.35. The maximum Gasteiger partial charge on any atom is 0.269 e. The normalized spacial score (nSPS) is 19.0. The summed E-state index contributed by atoms with van der Waals surface area (Å²) in [6.45, 7) is 1.45. The van der Waals surface area contributed by atoms with Crippen LogP contribution in [0, 0.1) is 5.82 Å². The summed E-state index contributed by atoms with van der Waals surface area (Å²) in [7, 11) is 0. The number of aromatic amines is 1. The second-order valence-corrected chi connectivity index (χ2v) is 5.33. The van der Waals surface area contributed by atoms with Gasteiger partial charge in [-0.2, -0.15) is 5.21 Å². The number of carbonyl (C=O) groups is 1. The van der Waals surface area contributed by atoms with Gasteiger partial charge in [0.05, 0.1) is 6.04 Å². The Kier molecular flexibility index (Phi) is 4.38. The van der Waals surface area contributed by atoms with Crippen molar-refractivity contribution in [3.63, 3.8) is 0 Å². The molecule has 116 valence electrons. The van der Waals surface area contributed by atoms with E-state index in [4.69, 9.17) is 0 Å². The highest BCUT2D eigenvalue weighted by molar-refractivity contribution is 5.93. The van der Waals surface area contributed by atoms with E-state index in [0.717, 1.165) is 31.4 Å². The molecular weight excluding hydrogens is 287 g/mol. The molecule has 7 nitrogen and oxygen atoms in total. The van der Waals surface area contributed by atoms with Crippen molar-refractivity contribution < 1.29 is 9.18 Å². The van der Waals surface area contributed by atoms with Gasteiger partial charge in [0.2, 0.25) is 5.91 Å². The molecule has 1 aliphatic rings. The average molecular weight is 304 g/mol. The summed E-state index contributed by atoms with van der Waals surface area (Å²) in [5, 5.41) is 15.8. The fraction of sp³-hybridized carbons (Fsp3) is 0.429. The summed E-state index contributed by atoms with van der Waals surface area (Å²) in [4.78, 5) is 14.5. The van der Waals surface area contributed by atoms with Gasteiger partial charge in [0.1, 0.15) is 5.82 Å². The number of nitrogens with zero attached hydrogens (tertiary/aromatic N) is 4. The first-order valence-electron chi connectivity index (χ1n) is 7.25. The third kappa shape index (κ3) is 3.45. The monoisotopic (exact) mass is 304 g/mol. The highest BCUT2D eigenvalue weighted by Gasteiger charge is 2.29. The number of hydrogen-bond acceptors (Lipinski definition) is 5. The summed E-state index contributed by atoms with van der Waals surface area (Å²) >= 11 is 0. The number of likely N-dealkylation sites (tertiary alicyclic amines) is 1. The number of piperidine rings is 1. The molecule has 0 radical (unpaired) electrons. The molecule has 1 atom stereocenters. The lowest BCUT2D eigenvalue weighted by Gasteiger charge is -2.34. The predicted molar refractivity (Wildman–Crippen MR) is 77.3 cm³/mol. The first-order valence-corrected chi connectivity index (χ1v) is 7.25. The van der Waals surface area contributed by atoms with E-state index in [0.29, 0.717) is 6.54 Å². The number of anilines is 1. The van der Waals surface area contributed by atoms with Gasteiger partial charge in [0.15, 0.2) is 0 Å². The molecule has 0 saturated carbocycles. The van der Waals surface area contributed by atoms with Crippen LogP contribution in [0.2, 0.25) is 0 Å². The summed E-state index contributed by atoms with van der Waals surface area (Å²) in [6.07, 6.45) is 2.84. The molecule has 1 aromatic heterocycles. The minimum absolute atomic E-state index is 0.136. The highest BCUT2D eigenvalue weighted by Crippen LogP contribution is 2.20. The second-order valence-electron chi connectivity index (χ2n) is 5.33. The maximum absolute atomic E-state index is 13.0. The van der Waals surface area contributed by atoms with E-state index in [-0.39, 0.29) is 23.7 Å². The quantitative estimate of drug-likeness (QED) is 0.890. The molecule has 1 aromatic carbocycles. The Morgan fingerprint density at radius 3 is 2.91 bits per heavy atom. The fourth-order valence-electron chi connectivity index (χ4n) is 2.71. The van der Waals surface area contributed by atoms with Crippen LogP contribution in [-0.2, 0) is 11.3 Å². The van der Waals surface area contributed by atoms with Crippen LogP contribution in [0.4, 0.5) is 10.3 Å². The highest BCUT2D eigenvalue weighted by atomic mass is 19.1. The third-order valence-corrected chi connectivity index (χ3v) is 3.80. The molecular formula is C14H17FN6O. The van der Waals surface area contributed by atoms with Crippen molar-refractivity contribution in [1.29, 1.82) is 0 Å². The SMILES string of the molecule is O=C(Nc1nn[nH]n1)[C@H]1CCCCN1Cc1ccc(F)cc1. The van der Waals surface area contributed by atoms with Crippen LogP contribution >= 0.6 is 0 Å². The average Bonchev–Trinajstić information content (AvgIpc) is 3.03. The van der Waals surface area contributed by atoms with Crippen molar-refractivity contribution in [1.82, 2.24) is 25.5 Å². The lowest BCUT2D eigenvalue weighted by Crippen LogP contribution is -2.46. The molecule has 0 spiro atoms. The fourth-order valence-corrected chi connectivity index (χ4v) is 2.71. The Labute approximate surface area is 126 Å². The molecule has 1 saturated heterocycles. The van der Waals surface area contributed by atoms with E-state index in [2.05, 4.69) is 30.8 Å². The number of H-pyrrole nitrogens is 1. The molecule has 0 bridgehead atoms. The predicted octanol–water partition coefficient (Wildman–Crippen LogP) is 1.33. The van der Waals surface area contributed by atoms with Crippen molar-refractivity contribution >= 4 is 11.9 Å². The minimum Gasteiger partial charge on any atom is -0.291 e. The number of benzene rings is 1. The van der Waals surface area contributed by atoms with E-state index in [1.807, 2.05) is 0 Å². The molecule has 8 heteroatoms. The maximum atomic E-state index is 13.0. The van der Waals surface area contributed by atoms with Gasteiger partial charge >= 0.3 is 0 Å². The van der Waals surface area contributed by atoms with E-state index in [9.17, 15) is 9.18 Å². The zero-order chi connectivity index (χ0) is 15.4. The van der Waals surface area contributed by atoms with Crippen LogP contribution in [0.25, 0.3) is 0 Å². The van der Waals surface area contributed by atoms with E-state index in [1.54, 1.807) is 12.1 Å². The number of hydrogen-bond donors (Lipinski definition) is 2. The summed E-state index contributed by atoms with van der Waals surface area (Å²) in [6, 6.07) is 6.13. The lowest BCUT2D eigenvalue weighted by atomic mass is 10.0. The molecule has 2 N–H and O–H groups in total. The molecule has 3 rings (SSSR count). The van der Waals surface area contributed by atoms with Crippen molar-refractivity contribution in [2.45, 2.75) is 31.8 Å². The van der Waals surface area contributed by atoms with Crippen LogP contribution in [-0.4, -0.2) is 44.0 Å². The van der Waals surface area contributed by atoms with Gasteiger partial charge in [-0.05, 0) is 42.3 Å². The zero-order valence-corrected chi connectivity index (χ0v) is 12.0. The molecule has 1 amide bonds. The number of carbonyl (C=O) groups excluding carboxylic acids is 1. The smallest absolute Gasteiger partial charge is 0.269 e. The first kappa shape index (κ1) is 14.6. The van der Waals surface area contributed by atoms with Crippen LogP contribution < -0.4 is 5.32 Å².